The van der Waals surface area contributed by atoms with Crippen molar-refractivity contribution in [3.05, 3.63) is 11.6 Å². The molecule has 1 fully saturated rings. The molecular formula is C8H12O. The van der Waals surface area contributed by atoms with Crippen molar-refractivity contribution >= 4 is 0 Å². The summed E-state index contributed by atoms with van der Waals surface area (Å²) in [4.78, 5) is 0. The quantitative estimate of drug-likeness (QED) is 0.485. The van der Waals surface area contributed by atoms with Crippen molar-refractivity contribution in [1.82, 2.24) is 0 Å². The largest absolute Gasteiger partial charge is 0.386 e. The second kappa shape index (κ2) is 1.40. The smallest absolute Gasteiger partial charge is 0.0860 e. The Bertz CT molecular complexity index is 171. The Balaban J connectivity index is 2.37. The topological polar surface area (TPSA) is 20.2 Å². The lowest BCUT2D eigenvalue weighted by atomic mass is 9.95. The number of hydrogen-bond acceptors (Lipinski definition) is 1. The molecule has 2 atom stereocenters. The molecule has 50 valence electrons. The van der Waals surface area contributed by atoms with Crippen LogP contribution in [0.1, 0.15) is 26.2 Å². The molecule has 0 spiro atoms. The van der Waals surface area contributed by atoms with Gasteiger partial charge in [-0.3, -0.25) is 0 Å². The Hall–Kier alpha value is -0.300. The minimum atomic E-state index is -0.370. The van der Waals surface area contributed by atoms with Gasteiger partial charge in [0.2, 0.25) is 0 Å². The summed E-state index contributed by atoms with van der Waals surface area (Å²) in [7, 11) is 0. The van der Waals surface area contributed by atoms with Gasteiger partial charge in [-0.1, -0.05) is 6.08 Å². The third-order valence-corrected chi connectivity index (χ3v) is 2.75. The van der Waals surface area contributed by atoms with Crippen LogP contribution in [-0.2, 0) is 0 Å². The molecule has 1 saturated carbocycles. The van der Waals surface area contributed by atoms with E-state index in [9.17, 15) is 5.11 Å². The van der Waals surface area contributed by atoms with Crippen LogP contribution in [-0.4, -0.2) is 10.7 Å². The second-order valence-corrected chi connectivity index (χ2v) is 3.38. The van der Waals surface area contributed by atoms with Crippen molar-refractivity contribution in [3.8, 4) is 0 Å². The van der Waals surface area contributed by atoms with Gasteiger partial charge in [-0.15, -0.1) is 0 Å². The zero-order valence-corrected chi connectivity index (χ0v) is 5.72. The molecule has 0 aliphatic heterocycles. The highest BCUT2D eigenvalue weighted by Crippen LogP contribution is 2.46. The van der Waals surface area contributed by atoms with Crippen molar-refractivity contribution in [2.24, 2.45) is 5.92 Å². The van der Waals surface area contributed by atoms with Crippen LogP contribution in [0.15, 0.2) is 11.6 Å². The summed E-state index contributed by atoms with van der Waals surface area (Å²) >= 11 is 0. The fourth-order valence-corrected chi connectivity index (χ4v) is 2.07. The number of allylic oxidation sites excluding steroid dienone is 1. The summed E-state index contributed by atoms with van der Waals surface area (Å²) < 4.78 is 0. The van der Waals surface area contributed by atoms with Crippen LogP contribution < -0.4 is 0 Å². The van der Waals surface area contributed by atoms with Crippen molar-refractivity contribution in [2.45, 2.75) is 31.8 Å². The predicted octanol–water partition coefficient (Wildman–Crippen LogP) is 1.48. The van der Waals surface area contributed by atoms with Crippen molar-refractivity contribution in [2.75, 3.05) is 0 Å². The Morgan fingerprint density at radius 2 is 2.56 bits per heavy atom. The summed E-state index contributed by atoms with van der Waals surface area (Å²) in [5.41, 5.74) is 0.837. The van der Waals surface area contributed by atoms with Gasteiger partial charge in [0, 0.05) is 0 Å². The normalized spacial score (nSPS) is 47.8. The molecule has 0 aromatic rings. The molecule has 0 aromatic carbocycles. The van der Waals surface area contributed by atoms with E-state index in [1.807, 2.05) is 6.92 Å². The van der Waals surface area contributed by atoms with Gasteiger partial charge in [-0.05, 0) is 37.7 Å². The summed E-state index contributed by atoms with van der Waals surface area (Å²) in [5.74, 6) is 0.704. The molecule has 2 rings (SSSR count). The molecule has 2 unspecified atom stereocenters. The van der Waals surface area contributed by atoms with E-state index in [0.29, 0.717) is 5.92 Å². The number of rotatable bonds is 0. The SMILES string of the molecule is CC1=CC2CCC1(O)C2. The zero-order valence-electron chi connectivity index (χ0n) is 5.72. The lowest BCUT2D eigenvalue weighted by molar-refractivity contribution is 0.0904. The summed E-state index contributed by atoms with van der Waals surface area (Å²) in [5, 5.41) is 9.74. The molecule has 1 heteroatoms. The molecule has 1 nitrogen and oxygen atoms in total. The van der Waals surface area contributed by atoms with Gasteiger partial charge in [0.15, 0.2) is 0 Å². The molecule has 2 aliphatic rings. The predicted molar refractivity (Wildman–Crippen MR) is 36.0 cm³/mol. The zero-order chi connectivity index (χ0) is 6.48. The van der Waals surface area contributed by atoms with E-state index in [1.165, 1.54) is 12.0 Å². The van der Waals surface area contributed by atoms with Gasteiger partial charge in [-0.2, -0.15) is 0 Å². The maximum atomic E-state index is 9.74. The molecule has 2 aliphatic carbocycles. The molecule has 0 saturated heterocycles. The number of fused-ring (bicyclic) bond motifs is 2. The Morgan fingerprint density at radius 1 is 1.78 bits per heavy atom. The molecule has 9 heavy (non-hydrogen) atoms. The maximum absolute atomic E-state index is 9.74. The summed E-state index contributed by atoms with van der Waals surface area (Å²) in [6, 6.07) is 0. The van der Waals surface area contributed by atoms with Gasteiger partial charge >= 0.3 is 0 Å². The van der Waals surface area contributed by atoms with Gasteiger partial charge in [0.25, 0.3) is 0 Å². The molecular weight excluding hydrogens is 112 g/mol. The van der Waals surface area contributed by atoms with Crippen LogP contribution in [0.25, 0.3) is 0 Å². The Labute approximate surface area is 55.4 Å². The Morgan fingerprint density at radius 3 is 2.78 bits per heavy atom. The van der Waals surface area contributed by atoms with E-state index in [2.05, 4.69) is 6.08 Å². The van der Waals surface area contributed by atoms with E-state index >= 15 is 0 Å². The van der Waals surface area contributed by atoms with E-state index in [1.54, 1.807) is 0 Å². The first kappa shape index (κ1) is 5.48. The van der Waals surface area contributed by atoms with Crippen LogP contribution in [0.4, 0.5) is 0 Å². The van der Waals surface area contributed by atoms with Gasteiger partial charge in [0.05, 0.1) is 5.60 Å². The number of aliphatic hydroxyl groups is 1. The lowest BCUT2D eigenvalue weighted by Gasteiger charge is -2.20. The van der Waals surface area contributed by atoms with Gasteiger partial charge in [-0.25, -0.2) is 0 Å². The summed E-state index contributed by atoms with van der Waals surface area (Å²) in [6.45, 7) is 2.04. The third-order valence-electron chi connectivity index (χ3n) is 2.75. The van der Waals surface area contributed by atoms with Gasteiger partial charge in [0.1, 0.15) is 0 Å². The van der Waals surface area contributed by atoms with Crippen LogP contribution in [0, 0.1) is 5.92 Å². The molecule has 0 aromatic heterocycles. The minimum absolute atomic E-state index is 0.370. The standard InChI is InChI=1S/C8H12O/c1-6-4-7-2-3-8(6,9)5-7/h4,7,9H,2-3,5H2,1H3. The highest BCUT2D eigenvalue weighted by atomic mass is 16.3. The monoisotopic (exact) mass is 124 g/mol. The third kappa shape index (κ3) is 0.584. The van der Waals surface area contributed by atoms with E-state index in [4.69, 9.17) is 0 Å². The van der Waals surface area contributed by atoms with Crippen LogP contribution in [0.5, 0.6) is 0 Å². The fourth-order valence-electron chi connectivity index (χ4n) is 2.07. The van der Waals surface area contributed by atoms with Crippen molar-refractivity contribution in [3.63, 3.8) is 0 Å². The summed E-state index contributed by atoms with van der Waals surface area (Å²) in [6.07, 6.45) is 5.43. The highest BCUT2D eigenvalue weighted by Gasteiger charge is 2.42. The lowest BCUT2D eigenvalue weighted by Crippen LogP contribution is -2.23. The van der Waals surface area contributed by atoms with Gasteiger partial charge < -0.3 is 5.11 Å². The molecule has 0 heterocycles. The average Bonchev–Trinajstić information content (AvgIpc) is 2.22. The molecule has 2 bridgehead atoms. The Kier molecular flexibility index (Phi) is 0.854. The first-order valence-electron chi connectivity index (χ1n) is 3.62. The van der Waals surface area contributed by atoms with Crippen molar-refractivity contribution < 1.29 is 5.11 Å². The molecule has 0 radical (unpaired) electrons. The first-order valence-corrected chi connectivity index (χ1v) is 3.62. The first-order chi connectivity index (χ1) is 4.21. The van der Waals surface area contributed by atoms with Crippen LogP contribution >= 0.6 is 0 Å². The minimum Gasteiger partial charge on any atom is -0.386 e. The molecule has 1 N–H and O–H groups in total. The van der Waals surface area contributed by atoms with Crippen LogP contribution in [0.3, 0.4) is 0 Å². The average molecular weight is 124 g/mol. The van der Waals surface area contributed by atoms with Crippen LogP contribution in [0.2, 0.25) is 0 Å². The van der Waals surface area contributed by atoms with E-state index < -0.39 is 0 Å². The highest BCUT2D eigenvalue weighted by molar-refractivity contribution is 5.26. The van der Waals surface area contributed by atoms with E-state index in [0.717, 1.165) is 12.8 Å². The fraction of sp³-hybridized carbons (Fsp3) is 0.750. The number of hydrogen-bond donors (Lipinski definition) is 1. The van der Waals surface area contributed by atoms with Crippen molar-refractivity contribution in [1.29, 1.82) is 0 Å². The molecule has 0 amide bonds. The van der Waals surface area contributed by atoms with E-state index in [-0.39, 0.29) is 5.60 Å². The second-order valence-electron chi connectivity index (χ2n) is 3.38. The maximum Gasteiger partial charge on any atom is 0.0860 e.